The Bertz CT molecular complexity index is 558. The fraction of sp³-hybridized carbons (Fsp3) is 0.182. The topological polar surface area (TPSA) is 80.9 Å². The molecule has 1 amide bonds. The zero-order valence-electron chi connectivity index (χ0n) is 9.55. The highest BCUT2D eigenvalue weighted by Crippen LogP contribution is 2.18. The number of carbonyl (C=O) groups excluding carboxylic acids is 1. The van der Waals surface area contributed by atoms with Crippen molar-refractivity contribution in [3.05, 3.63) is 39.6 Å². The molecule has 0 spiro atoms. The van der Waals surface area contributed by atoms with Crippen LogP contribution >= 0.6 is 22.9 Å². The van der Waals surface area contributed by atoms with Crippen LogP contribution in [0.1, 0.15) is 28.3 Å². The van der Waals surface area contributed by atoms with Crippen molar-refractivity contribution in [3.63, 3.8) is 0 Å². The van der Waals surface area contributed by atoms with Gasteiger partial charge in [0.1, 0.15) is 10.2 Å². The number of aromatic nitrogens is 2. The minimum atomic E-state index is -0.292. The van der Waals surface area contributed by atoms with Crippen LogP contribution in [-0.2, 0) is 0 Å². The van der Waals surface area contributed by atoms with Crippen LogP contribution in [0, 0.1) is 0 Å². The van der Waals surface area contributed by atoms with Gasteiger partial charge in [0, 0.05) is 11.6 Å². The summed E-state index contributed by atoms with van der Waals surface area (Å²) < 4.78 is 0. The maximum absolute atomic E-state index is 12.0. The minimum Gasteiger partial charge on any atom is -0.397 e. The second-order valence-electron chi connectivity index (χ2n) is 3.66. The monoisotopic (exact) mass is 282 g/mol. The van der Waals surface area contributed by atoms with Crippen LogP contribution in [0.2, 0.25) is 5.15 Å². The molecule has 94 valence electrons. The molecule has 5 nitrogen and oxygen atoms in total. The van der Waals surface area contributed by atoms with E-state index in [2.05, 4.69) is 15.3 Å². The fourth-order valence-corrected chi connectivity index (χ4v) is 2.23. The van der Waals surface area contributed by atoms with E-state index in [1.54, 1.807) is 6.20 Å². The number of nitrogens with one attached hydrogen (secondary N) is 1. The lowest BCUT2D eigenvalue weighted by atomic mass is 10.2. The van der Waals surface area contributed by atoms with Gasteiger partial charge in [-0.2, -0.15) is 0 Å². The Hall–Kier alpha value is -1.66. The number of carbonyl (C=O) groups is 1. The Morgan fingerprint density at radius 3 is 3.00 bits per heavy atom. The Balaban J connectivity index is 2.15. The molecule has 1 unspecified atom stereocenters. The largest absolute Gasteiger partial charge is 0.397 e. The van der Waals surface area contributed by atoms with Crippen molar-refractivity contribution in [1.29, 1.82) is 0 Å². The summed E-state index contributed by atoms with van der Waals surface area (Å²) in [4.78, 5) is 20.0. The Morgan fingerprint density at radius 2 is 2.33 bits per heavy atom. The van der Waals surface area contributed by atoms with Gasteiger partial charge in [-0.15, -0.1) is 11.3 Å². The minimum absolute atomic E-state index is 0.177. The summed E-state index contributed by atoms with van der Waals surface area (Å²) in [6, 6.07) is 1.27. The number of rotatable bonds is 3. The second-order valence-corrected chi connectivity index (χ2v) is 4.97. The van der Waals surface area contributed by atoms with Crippen LogP contribution in [-0.4, -0.2) is 15.9 Å². The average Bonchev–Trinajstić information content (AvgIpc) is 2.85. The number of hydrogen-bond acceptors (Lipinski definition) is 5. The van der Waals surface area contributed by atoms with E-state index in [0.29, 0.717) is 11.3 Å². The number of amides is 1. The first kappa shape index (κ1) is 12.8. The molecule has 0 aliphatic rings. The molecule has 18 heavy (non-hydrogen) atoms. The summed E-state index contributed by atoms with van der Waals surface area (Å²) in [5.41, 5.74) is 6.30. The highest BCUT2D eigenvalue weighted by molar-refractivity contribution is 7.09. The van der Waals surface area contributed by atoms with Crippen molar-refractivity contribution < 1.29 is 4.79 Å². The van der Waals surface area contributed by atoms with E-state index < -0.39 is 0 Å². The zero-order chi connectivity index (χ0) is 13.1. The third-order valence-corrected chi connectivity index (χ3v) is 3.48. The molecule has 0 radical (unpaired) electrons. The summed E-state index contributed by atoms with van der Waals surface area (Å²) in [5.74, 6) is -0.292. The molecule has 2 rings (SSSR count). The molecule has 0 fully saturated rings. The smallest absolute Gasteiger partial charge is 0.254 e. The molecular weight excluding hydrogens is 272 g/mol. The van der Waals surface area contributed by atoms with Crippen LogP contribution in [0.4, 0.5) is 5.69 Å². The SMILES string of the molecule is CC(NC(=O)c1cc(Cl)ncc1N)c1nccs1. The summed E-state index contributed by atoms with van der Waals surface area (Å²) >= 11 is 7.22. The van der Waals surface area contributed by atoms with Crippen LogP contribution < -0.4 is 11.1 Å². The van der Waals surface area contributed by atoms with Crippen molar-refractivity contribution in [1.82, 2.24) is 15.3 Å². The second kappa shape index (κ2) is 5.32. The standard InChI is InChI=1S/C11H11ClN4OS/c1-6(11-14-2-3-18-11)16-10(17)7-4-9(12)15-5-8(7)13/h2-6H,13H2,1H3,(H,16,17). The molecule has 3 N–H and O–H groups in total. The summed E-state index contributed by atoms with van der Waals surface area (Å²) in [6.07, 6.45) is 3.06. The lowest BCUT2D eigenvalue weighted by molar-refractivity contribution is 0.0940. The van der Waals surface area contributed by atoms with Gasteiger partial charge in [0.25, 0.3) is 5.91 Å². The van der Waals surface area contributed by atoms with E-state index in [9.17, 15) is 4.79 Å². The van der Waals surface area contributed by atoms with Gasteiger partial charge in [-0.3, -0.25) is 4.79 Å². The molecule has 0 aliphatic heterocycles. The number of nitrogens with zero attached hydrogens (tertiary/aromatic N) is 2. The van der Waals surface area contributed by atoms with E-state index in [0.717, 1.165) is 5.01 Å². The van der Waals surface area contributed by atoms with Gasteiger partial charge in [0.15, 0.2) is 0 Å². The van der Waals surface area contributed by atoms with Crippen LogP contribution in [0.5, 0.6) is 0 Å². The van der Waals surface area contributed by atoms with Gasteiger partial charge in [-0.05, 0) is 13.0 Å². The third-order valence-electron chi connectivity index (χ3n) is 2.32. The van der Waals surface area contributed by atoms with E-state index in [1.807, 2.05) is 12.3 Å². The first-order chi connectivity index (χ1) is 8.58. The molecule has 2 heterocycles. The van der Waals surface area contributed by atoms with E-state index in [1.165, 1.54) is 23.6 Å². The first-order valence-corrected chi connectivity index (χ1v) is 6.45. The molecule has 2 aromatic rings. The summed E-state index contributed by atoms with van der Waals surface area (Å²) in [6.45, 7) is 1.86. The number of anilines is 1. The number of halogens is 1. The number of pyridine rings is 1. The Kier molecular flexibility index (Phi) is 3.78. The molecule has 2 aromatic heterocycles. The van der Waals surface area contributed by atoms with Crippen molar-refractivity contribution >= 4 is 34.5 Å². The molecular formula is C11H11ClN4OS. The van der Waals surface area contributed by atoms with E-state index in [4.69, 9.17) is 17.3 Å². The summed E-state index contributed by atoms with van der Waals surface area (Å²) in [7, 11) is 0. The lowest BCUT2D eigenvalue weighted by Gasteiger charge is -2.12. The van der Waals surface area contributed by atoms with Crippen molar-refractivity contribution in [2.75, 3.05) is 5.73 Å². The van der Waals surface area contributed by atoms with Crippen LogP contribution in [0.15, 0.2) is 23.8 Å². The predicted octanol–water partition coefficient (Wildman–Crippen LogP) is 2.26. The van der Waals surface area contributed by atoms with Gasteiger partial charge >= 0.3 is 0 Å². The number of hydrogen-bond donors (Lipinski definition) is 2. The van der Waals surface area contributed by atoms with Gasteiger partial charge in [-0.1, -0.05) is 11.6 Å². The third kappa shape index (κ3) is 2.77. The van der Waals surface area contributed by atoms with E-state index in [-0.39, 0.29) is 17.1 Å². The summed E-state index contributed by atoms with van der Waals surface area (Å²) in [5, 5.41) is 5.73. The molecule has 0 aromatic carbocycles. The maximum Gasteiger partial charge on any atom is 0.254 e. The fourth-order valence-electron chi connectivity index (χ4n) is 1.42. The molecule has 0 saturated heterocycles. The zero-order valence-corrected chi connectivity index (χ0v) is 11.1. The normalized spacial score (nSPS) is 12.1. The molecule has 1 atom stereocenters. The lowest BCUT2D eigenvalue weighted by Crippen LogP contribution is -2.27. The van der Waals surface area contributed by atoms with Gasteiger partial charge < -0.3 is 11.1 Å². The highest BCUT2D eigenvalue weighted by Gasteiger charge is 2.15. The van der Waals surface area contributed by atoms with Gasteiger partial charge in [-0.25, -0.2) is 9.97 Å². The van der Waals surface area contributed by atoms with Gasteiger partial charge in [0.2, 0.25) is 0 Å². The number of nitrogens with two attached hydrogens (primary N) is 1. The maximum atomic E-state index is 12.0. The molecule has 7 heteroatoms. The van der Waals surface area contributed by atoms with Crippen LogP contribution in [0.3, 0.4) is 0 Å². The van der Waals surface area contributed by atoms with Gasteiger partial charge in [0.05, 0.1) is 23.5 Å². The average molecular weight is 283 g/mol. The van der Waals surface area contributed by atoms with Crippen molar-refractivity contribution in [2.45, 2.75) is 13.0 Å². The molecule has 0 saturated carbocycles. The predicted molar refractivity (Wildman–Crippen MR) is 71.7 cm³/mol. The van der Waals surface area contributed by atoms with Crippen molar-refractivity contribution in [2.24, 2.45) is 0 Å². The van der Waals surface area contributed by atoms with Crippen molar-refractivity contribution in [3.8, 4) is 0 Å². The quantitative estimate of drug-likeness (QED) is 0.846. The molecule has 0 aliphatic carbocycles. The van der Waals surface area contributed by atoms with Crippen LogP contribution in [0.25, 0.3) is 0 Å². The first-order valence-electron chi connectivity index (χ1n) is 5.19. The Labute approximate surface area is 113 Å². The number of nitrogen functional groups attached to an aromatic ring is 1. The number of thiazole rings is 1. The van der Waals surface area contributed by atoms with E-state index >= 15 is 0 Å². The molecule has 0 bridgehead atoms. The highest BCUT2D eigenvalue weighted by atomic mass is 35.5. The Morgan fingerprint density at radius 1 is 1.56 bits per heavy atom.